The molecule has 1 atom stereocenters. The van der Waals surface area contributed by atoms with Gasteiger partial charge in [-0.3, -0.25) is 9.59 Å². The van der Waals surface area contributed by atoms with E-state index >= 15 is 0 Å². The van der Waals surface area contributed by atoms with Crippen LogP contribution in [0.1, 0.15) is 26.7 Å². The van der Waals surface area contributed by atoms with Gasteiger partial charge in [0.2, 0.25) is 0 Å². The molecule has 0 bridgehead atoms. The van der Waals surface area contributed by atoms with Crippen molar-refractivity contribution in [3.05, 3.63) is 29.3 Å². The van der Waals surface area contributed by atoms with Crippen molar-refractivity contribution in [3.8, 4) is 5.75 Å². The van der Waals surface area contributed by atoms with Gasteiger partial charge in [-0.1, -0.05) is 17.7 Å². The quantitative estimate of drug-likeness (QED) is 0.774. The van der Waals surface area contributed by atoms with Gasteiger partial charge in [0.25, 0.3) is 5.91 Å². The Morgan fingerprint density at radius 1 is 1.35 bits per heavy atom. The van der Waals surface area contributed by atoms with Gasteiger partial charge in [-0.15, -0.1) is 0 Å². The Morgan fingerprint density at radius 2 is 2.04 bits per heavy atom. The third-order valence-electron chi connectivity index (χ3n) is 3.88. The average Bonchev–Trinajstić information content (AvgIpc) is 2.54. The number of carbonyl (C=O) groups excluding carboxylic acids is 2. The molecule has 1 fully saturated rings. The predicted octanol–water partition coefficient (Wildman–Crippen LogP) is 2.91. The van der Waals surface area contributed by atoms with Crippen LogP contribution in [0.4, 0.5) is 0 Å². The van der Waals surface area contributed by atoms with Crippen LogP contribution in [0.15, 0.2) is 24.3 Å². The van der Waals surface area contributed by atoms with Crippen LogP contribution in [0.25, 0.3) is 0 Å². The Balaban J connectivity index is 1.85. The minimum atomic E-state index is -0.590. The molecular formula is C17H22ClNO4. The summed E-state index contributed by atoms with van der Waals surface area (Å²) in [5.41, 5.74) is 0. The van der Waals surface area contributed by atoms with Crippen molar-refractivity contribution in [2.75, 3.05) is 19.7 Å². The van der Waals surface area contributed by atoms with E-state index in [9.17, 15) is 9.59 Å². The van der Waals surface area contributed by atoms with Crippen molar-refractivity contribution < 1.29 is 19.1 Å². The van der Waals surface area contributed by atoms with Gasteiger partial charge in [0.15, 0.2) is 6.10 Å². The zero-order valence-electron chi connectivity index (χ0n) is 13.5. The third-order valence-corrected chi connectivity index (χ3v) is 4.12. The molecule has 23 heavy (non-hydrogen) atoms. The molecule has 0 spiro atoms. The second kappa shape index (κ2) is 8.20. The van der Waals surface area contributed by atoms with E-state index in [0.29, 0.717) is 43.3 Å². The Kier molecular flexibility index (Phi) is 6.28. The number of ether oxygens (including phenoxy) is 2. The summed E-state index contributed by atoms with van der Waals surface area (Å²) in [7, 11) is 0. The molecule has 0 aliphatic carbocycles. The van der Waals surface area contributed by atoms with Crippen molar-refractivity contribution in [1.82, 2.24) is 4.90 Å². The van der Waals surface area contributed by atoms with E-state index in [4.69, 9.17) is 21.1 Å². The Morgan fingerprint density at radius 3 is 2.65 bits per heavy atom. The number of hydrogen-bond acceptors (Lipinski definition) is 4. The van der Waals surface area contributed by atoms with Gasteiger partial charge in [-0.25, -0.2) is 0 Å². The van der Waals surface area contributed by atoms with Crippen molar-refractivity contribution in [1.29, 1.82) is 0 Å². The van der Waals surface area contributed by atoms with E-state index < -0.39 is 6.10 Å². The molecule has 1 aliphatic rings. The largest absolute Gasteiger partial charge is 0.481 e. The lowest BCUT2D eigenvalue weighted by molar-refractivity contribution is -0.152. The van der Waals surface area contributed by atoms with Crippen LogP contribution in [-0.2, 0) is 14.3 Å². The number of rotatable bonds is 5. The van der Waals surface area contributed by atoms with Crippen LogP contribution >= 0.6 is 11.6 Å². The van der Waals surface area contributed by atoms with Crippen molar-refractivity contribution in [2.45, 2.75) is 32.8 Å². The molecule has 5 nitrogen and oxygen atoms in total. The molecule has 0 aromatic heterocycles. The van der Waals surface area contributed by atoms with Gasteiger partial charge in [0, 0.05) is 18.1 Å². The number of amides is 1. The highest BCUT2D eigenvalue weighted by molar-refractivity contribution is 6.30. The highest BCUT2D eigenvalue weighted by Gasteiger charge is 2.30. The first-order valence-electron chi connectivity index (χ1n) is 7.89. The maximum absolute atomic E-state index is 12.4. The summed E-state index contributed by atoms with van der Waals surface area (Å²) in [6.45, 7) is 5.01. The Labute approximate surface area is 141 Å². The molecule has 0 unspecified atom stereocenters. The highest BCUT2D eigenvalue weighted by Crippen LogP contribution is 2.22. The van der Waals surface area contributed by atoms with Gasteiger partial charge in [0.1, 0.15) is 5.75 Å². The van der Waals surface area contributed by atoms with Crippen molar-refractivity contribution in [2.24, 2.45) is 5.92 Å². The fourth-order valence-corrected chi connectivity index (χ4v) is 2.83. The molecule has 1 saturated heterocycles. The minimum Gasteiger partial charge on any atom is -0.481 e. The van der Waals surface area contributed by atoms with Crippen LogP contribution in [-0.4, -0.2) is 42.6 Å². The van der Waals surface area contributed by atoms with E-state index in [1.165, 1.54) is 0 Å². The molecule has 1 amide bonds. The van der Waals surface area contributed by atoms with Gasteiger partial charge in [0.05, 0.1) is 12.5 Å². The monoisotopic (exact) mass is 339 g/mol. The lowest BCUT2D eigenvalue weighted by Gasteiger charge is -2.32. The van der Waals surface area contributed by atoms with Crippen molar-refractivity contribution >= 4 is 23.5 Å². The van der Waals surface area contributed by atoms with Crippen LogP contribution < -0.4 is 4.74 Å². The van der Waals surface area contributed by atoms with Crippen LogP contribution in [0.2, 0.25) is 5.02 Å². The maximum Gasteiger partial charge on any atom is 0.309 e. The molecular weight excluding hydrogens is 318 g/mol. The molecule has 2 rings (SSSR count). The molecule has 1 aromatic carbocycles. The molecule has 0 saturated carbocycles. The first kappa shape index (κ1) is 17.6. The van der Waals surface area contributed by atoms with Gasteiger partial charge in [-0.05, 0) is 44.9 Å². The summed E-state index contributed by atoms with van der Waals surface area (Å²) >= 11 is 5.91. The summed E-state index contributed by atoms with van der Waals surface area (Å²) in [5.74, 6) is 0.220. The number of likely N-dealkylation sites (tertiary alicyclic amines) is 1. The topological polar surface area (TPSA) is 55.8 Å². The van der Waals surface area contributed by atoms with Gasteiger partial charge >= 0.3 is 5.97 Å². The summed E-state index contributed by atoms with van der Waals surface area (Å²) in [6.07, 6.45) is 0.677. The number of nitrogens with zero attached hydrogens (tertiary/aromatic N) is 1. The number of halogens is 1. The molecule has 6 heteroatoms. The number of hydrogen-bond donors (Lipinski definition) is 0. The molecule has 1 aliphatic heterocycles. The zero-order chi connectivity index (χ0) is 16.8. The van der Waals surface area contributed by atoms with Crippen molar-refractivity contribution in [3.63, 3.8) is 0 Å². The average molecular weight is 340 g/mol. The highest BCUT2D eigenvalue weighted by atomic mass is 35.5. The standard InChI is InChI=1S/C17H22ClNO4/c1-3-22-17(21)13-7-9-19(10-8-13)16(20)12(2)23-15-6-4-5-14(18)11-15/h4-6,11-13H,3,7-10H2,1-2H3/t12-/m1/s1. The minimum absolute atomic E-state index is 0.0766. The van der Waals surface area contributed by atoms with Crippen LogP contribution in [0.3, 0.4) is 0 Å². The second-order valence-corrected chi connectivity index (χ2v) is 6.01. The SMILES string of the molecule is CCOC(=O)C1CCN(C(=O)[C@@H](C)Oc2cccc(Cl)c2)CC1. The second-order valence-electron chi connectivity index (χ2n) is 5.57. The fraction of sp³-hybridized carbons (Fsp3) is 0.529. The molecule has 1 heterocycles. The number of piperidine rings is 1. The van der Waals surface area contributed by atoms with Gasteiger partial charge < -0.3 is 14.4 Å². The lowest BCUT2D eigenvalue weighted by Crippen LogP contribution is -2.45. The summed E-state index contributed by atoms with van der Waals surface area (Å²) in [4.78, 5) is 25.9. The van der Waals surface area contributed by atoms with E-state index in [2.05, 4.69) is 0 Å². The van der Waals surface area contributed by atoms with Gasteiger partial charge in [-0.2, -0.15) is 0 Å². The molecule has 0 N–H and O–H groups in total. The number of carbonyl (C=O) groups is 2. The molecule has 126 valence electrons. The van der Waals surface area contributed by atoms with E-state index in [0.717, 1.165) is 0 Å². The van der Waals surface area contributed by atoms with Crippen LogP contribution in [0.5, 0.6) is 5.75 Å². The first-order chi connectivity index (χ1) is 11.0. The molecule has 1 aromatic rings. The summed E-state index contributed by atoms with van der Waals surface area (Å²) < 4.78 is 10.7. The number of benzene rings is 1. The molecule has 0 radical (unpaired) electrons. The maximum atomic E-state index is 12.4. The zero-order valence-corrected chi connectivity index (χ0v) is 14.2. The number of esters is 1. The fourth-order valence-electron chi connectivity index (χ4n) is 2.65. The van der Waals surface area contributed by atoms with E-state index in [-0.39, 0.29) is 17.8 Å². The lowest BCUT2D eigenvalue weighted by atomic mass is 9.97. The van der Waals surface area contributed by atoms with E-state index in [1.54, 1.807) is 43.0 Å². The third kappa shape index (κ3) is 4.86. The first-order valence-corrected chi connectivity index (χ1v) is 8.26. The normalized spacial score (nSPS) is 16.7. The smallest absolute Gasteiger partial charge is 0.309 e. The predicted molar refractivity (Wildman–Crippen MR) is 87.5 cm³/mol. The Hall–Kier alpha value is -1.75. The van der Waals surface area contributed by atoms with E-state index in [1.807, 2.05) is 0 Å². The van der Waals surface area contributed by atoms with Crippen LogP contribution in [0, 0.1) is 5.92 Å². The Bertz CT molecular complexity index is 555. The summed E-state index contributed by atoms with van der Waals surface area (Å²) in [5, 5.41) is 0.567. The summed E-state index contributed by atoms with van der Waals surface area (Å²) in [6, 6.07) is 6.97.